The van der Waals surface area contributed by atoms with Crippen LogP contribution in [0.3, 0.4) is 0 Å². The van der Waals surface area contributed by atoms with E-state index in [-0.39, 0.29) is 6.10 Å². The van der Waals surface area contributed by atoms with Crippen LogP contribution in [0, 0.1) is 0 Å². The maximum absolute atomic E-state index is 5.42. The van der Waals surface area contributed by atoms with Gasteiger partial charge in [-0.15, -0.1) is 0 Å². The van der Waals surface area contributed by atoms with Gasteiger partial charge in [-0.05, 0) is 6.92 Å². The van der Waals surface area contributed by atoms with Crippen LogP contribution in [0.15, 0.2) is 12.4 Å². The summed E-state index contributed by atoms with van der Waals surface area (Å²) in [6.45, 7) is 2.39. The highest BCUT2D eigenvalue weighted by Gasteiger charge is 2.04. The number of rotatable bonds is 4. The second-order valence-corrected chi connectivity index (χ2v) is 2.67. The van der Waals surface area contributed by atoms with Gasteiger partial charge in [0.1, 0.15) is 11.9 Å². The van der Waals surface area contributed by atoms with Crippen LogP contribution in [0.1, 0.15) is 6.92 Å². The van der Waals surface area contributed by atoms with Crippen LogP contribution in [0.25, 0.3) is 0 Å². The average molecular weight is 183 g/mol. The molecular formula is C8H13N3O2. The number of methoxy groups -OCH3 is 1. The Morgan fingerprint density at radius 3 is 2.92 bits per heavy atom. The van der Waals surface area contributed by atoms with Crippen molar-refractivity contribution in [3.05, 3.63) is 12.4 Å². The second kappa shape index (κ2) is 4.61. The van der Waals surface area contributed by atoms with Crippen LogP contribution in [-0.4, -0.2) is 29.8 Å². The van der Waals surface area contributed by atoms with Crippen molar-refractivity contribution in [2.45, 2.75) is 13.0 Å². The second-order valence-electron chi connectivity index (χ2n) is 2.67. The summed E-state index contributed by atoms with van der Waals surface area (Å²) in [4.78, 5) is 7.78. The standard InChI is InChI=1S/C8H13N3O2/c1-6(5-12-2)13-8-4-10-3-7(9)11-8/h3-4,6H,5H2,1-2H3,(H2,9,11). The highest BCUT2D eigenvalue weighted by Crippen LogP contribution is 2.08. The minimum atomic E-state index is -0.0545. The molecule has 0 saturated heterocycles. The van der Waals surface area contributed by atoms with Gasteiger partial charge in [0.2, 0.25) is 5.88 Å². The Hall–Kier alpha value is -1.36. The summed E-state index contributed by atoms with van der Waals surface area (Å²) in [6, 6.07) is 0. The molecule has 0 aliphatic heterocycles. The van der Waals surface area contributed by atoms with Crippen LogP contribution in [0.5, 0.6) is 5.88 Å². The fraction of sp³-hybridized carbons (Fsp3) is 0.500. The van der Waals surface area contributed by atoms with Crippen molar-refractivity contribution in [3.63, 3.8) is 0 Å². The van der Waals surface area contributed by atoms with Crippen molar-refractivity contribution in [1.29, 1.82) is 0 Å². The van der Waals surface area contributed by atoms with E-state index in [9.17, 15) is 0 Å². The van der Waals surface area contributed by atoms with Crippen molar-refractivity contribution in [1.82, 2.24) is 9.97 Å². The monoisotopic (exact) mass is 183 g/mol. The molecule has 0 amide bonds. The molecule has 0 radical (unpaired) electrons. The smallest absolute Gasteiger partial charge is 0.234 e. The number of hydrogen-bond donors (Lipinski definition) is 1. The molecule has 0 aliphatic rings. The lowest BCUT2D eigenvalue weighted by Gasteiger charge is -2.11. The van der Waals surface area contributed by atoms with Gasteiger partial charge in [-0.3, -0.25) is 4.98 Å². The van der Waals surface area contributed by atoms with Gasteiger partial charge in [-0.2, -0.15) is 4.98 Å². The van der Waals surface area contributed by atoms with Crippen LogP contribution < -0.4 is 10.5 Å². The number of anilines is 1. The zero-order valence-electron chi connectivity index (χ0n) is 7.73. The summed E-state index contributed by atoms with van der Waals surface area (Å²) in [5, 5.41) is 0. The Bertz CT molecular complexity index is 267. The van der Waals surface area contributed by atoms with Gasteiger partial charge in [0.05, 0.1) is 19.0 Å². The third-order valence-corrected chi connectivity index (χ3v) is 1.35. The molecule has 0 aliphatic carbocycles. The molecule has 2 N–H and O–H groups in total. The van der Waals surface area contributed by atoms with E-state index in [0.717, 1.165) is 0 Å². The first kappa shape index (κ1) is 9.73. The molecule has 1 rings (SSSR count). The average Bonchev–Trinajstić information content (AvgIpc) is 2.04. The van der Waals surface area contributed by atoms with E-state index in [1.54, 1.807) is 7.11 Å². The third-order valence-electron chi connectivity index (χ3n) is 1.35. The number of hydrogen-bond acceptors (Lipinski definition) is 5. The maximum Gasteiger partial charge on any atom is 0.234 e. The molecule has 1 aromatic heterocycles. The first-order chi connectivity index (χ1) is 6.22. The minimum Gasteiger partial charge on any atom is -0.471 e. The van der Waals surface area contributed by atoms with Gasteiger partial charge in [-0.1, -0.05) is 0 Å². The minimum absolute atomic E-state index is 0.0545. The fourth-order valence-electron chi connectivity index (χ4n) is 0.894. The topological polar surface area (TPSA) is 70.3 Å². The lowest BCUT2D eigenvalue weighted by atomic mass is 10.4. The number of aromatic nitrogens is 2. The number of nitrogens with zero attached hydrogens (tertiary/aromatic N) is 2. The van der Waals surface area contributed by atoms with Crippen LogP contribution in [0.4, 0.5) is 5.82 Å². The number of ether oxygens (including phenoxy) is 2. The molecule has 0 saturated carbocycles. The van der Waals surface area contributed by atoms with Crippen molar-refractivity contribution < 1.29 is 9.47 Å². The molecule has 72 valence electrons. The molecule has 1 aromatic rings. The molecule has 5 heteroatoms. The summed E-state index contributed by atoms with van der Waals surface area (Å²) in [6.07, 6.45) is 2.93. The Morgan fingerprint density at radius 1 is 1.54 bits per heavy atom. The van der Waals surface area contributed by atoms with Gasteiger partial charge in [0.15, 0.2) is 0 Å². The molecule has 1 heterocycles. The molecule has 13 heavy (non-hydrogen) atoms. The summed E-state index contributed by atoms with van der Waals surface area (Å²) < 4.78 is 10.3. The first-order valence-electron chi connectivity index (χ1n) is 3.95. The van der Waals surface area contributed by atoms with Gasteiger partial charge in [-0.25, -0.2) is 0 Å². The summed E-state index contributed by atoms with van der Waals surface area (Å²) in [5.41, 5.74) is 5.42. The van der Waals surface area contributed by atoms with Crippen molar-refractivity contribution in [3.8, 4) is 5.88 Å². The Labute approximate surface area is 76.9 Å². The largest absolute Gasteiger partial charge is 0.471 e. The lowest BCUT2D eigenvalue weighted by Crippen LogP contribution is -2.18. The zero-order chi connectivity index (χ0) is 9.68. The van der Waals surface area contributed by atoms with E-state index in [2.05, 4.69) is 9.97 Å². The van der Waals surface area contributed by atoms with Crippen molar-refractivity contribution in [2.24, 2.45) is 0 Å². The normalized spacial score (nSPS) is 12.5. The van der Waals surface area contributed by atoms with E-state index in [0.29, 0.717) is 18.3 Å². The summed E-state index contributed by atoms with van der Waals surface area (Å²) >= 11 is 0. The highest BCUT2D eigenvalue weighted by molar-refractivity contribution is 5.26. The molecule has 0 bridgehead atoms. The SMILES string of the molecule is COCC(C)Oc1cncc(N)n1. The Balaban J connectivity index is 2.53. The van der Waals surface area contributed by atoms with Crippen LogP contribution in [-0.2, 0) is 4.74 Å². The van der Waals surface area contributed by atoms with Gasteiger partial charge in [0, 0.05) is 7.11 Å². The van der Waals surface area contributed by atoms with E-state index < -0.39 is 0 Å². The Morgan fingerprint density at radius 2 is 2.31 bits per heavy atom. The highest BCUT2D eigenvalue weighted by atomic mass is 16.5. The molecular weight excluding hydrogens is 170 g/mol. The molecule has 1 atom stereocenters. The van der Waals surface area contributed by atoms with Gasteiger partial charge >= 0.3 is 0 Å². The predicted molar refractivity (Wildman–Crippen MR) is 48.4 cm³/mol. The zero-order valence-corrected chi connectivity index (χ0v) is 7.73. The molecule has 0 aromatic carbocycles. The molecule has 1 unspecified atom stereocenters. The van der Waals surface area contributed by atoms with Gasteiger partial charge < -0.3 is 15.2 Å². The van der Waals surface area contributed by atoms with E-state index in [1.807, 2.05) is 6.92 Å². The molecule has 0 spiro atoms. The van der Waals surface area contributed by atoms with E-state index in [1.165, 1.54) is 12.4 Å². The van der Waals surface area contributed by atoms with E-state index in [4.69, 9.17) is 15.2 Å². The first-order valence-corrected chi connectivity index (χ1v) is 3.95. The predicted octanol–water partition coefficient (Wildman–Crippen LogP) is 0.473. The van der Waals surface area contributed by atoms with Crippen molar-refractivity contribution >= 4 is 5.82 Å². The fourth-order valence-corrected chi connectivity index (χ4v) is 0.894. The summed E-state index contributed by atoms with van der Waals surface area (Å²) in [7, 11) is 1.62. The summed E-state index contributed by atoms with van der Waals surface area (Å²) in [5.74, 6) is 0.770. The number of nitrogen functional groups attached to an aromatic ring is 1. The van der Waals surface area contributed by atoms with Crippen LogP contribution in [0.2, 0.25) is 0 Å². The van der Waals surface area contributed by atoms with Crippen molar-refractivity contribution in [2.75, 3.05) is 19.5 Å². The lowest BCUT2D eigenvalue weighted by molar-refractivity contribution is 0.0888. The van der Waals surface area contributed by atoms with Gasteiger partial charge in [0.25, 0.3) is 0 Å². The quantitative estimate of drug-likeness (QED) is 0.734. The van der Waals surface area contributed by atoms with E-state index >= 15 is 0 Å². The molecule has 0 fully saturated rings. The third kappa shape index (κ3) is 3.25. The Kier molecular flexibility index (Phi) is 3.45. The maximum atomic E-state index is 5.42. The molecule has 5 nitrogen and oxygen atoms in total. The number of nitrogens with two attached hydrogens (primary N) is 1. The van der Waals surface area contributed by atoms with Crippen LogP contribution >= 0.6 is 0 Å².